The van der Waals surface area contributed by atoms with Gasteiger partial charge in [-0.05, 0) is 13.8 Å². The number of nitrogens with zero attached hydrogens (tertiary/aromatic N) is 8. The molecule has 26 heavy (non-hydrogen) atoms. The predicted octanol–water partition coefficient (Wildman–Crippen LogP) is 0.300. The number of H-pyrrole nitrogens is 1. The maximum Gasteiger partial charge on any atom is 0.254 e. The van der Waals surface area contributed by atoms with Gasteiger partial charge in [0.25, 0.3) is 5.78 Å². The lowest BCUT2D eigenvalue weighted by Gasteiger charge is -2.35. The minimum absolute atomic E-state index is 0.105. The Kier molecular flexibility index (Phi) is 4.45. The van der Waals surface area contributed by atoms with E-state index in [0.29, 0.717) is 29.8 Å². The van der Waals surface area contributed by atoms with Crippen LogP contribution in [0.3, 0.4) is 0 Å². The van der Waals surface area contributed by atoms with Gasteiger partial charge >= 0.3 is 0 Å². The Balaban J connectivity index is 1.37. The summed E-state index contributed by atoms with van der Waals surface area (Å²) in [7, 11) is 0. The molecular weight excluding hydrogens is 354 g/mol. The summed E-state index contributed by atoms with van der Waals surface area (Å²) in [6.45, 7) is 6.61. The maximum absolute atomic E-state index is 12.4. The Hall–Kier alpha value is -2.69. The first-order chi connectivity index (χ1) is 12.6. The van der Waals surface area contributed by atoms with Gasteiger partial charge in [0.2, 0.25) is 11.1 Å². The number of thioether (sulfide) groups is 1. The number of rotatable bonds is 4. The van der Waals surface area contributed by atoms with Crippen LogP contribution in [0, 0.1) is 13.8 Å². The zero-order chi connectivity index (χ0) is 18.1. The number of aromatic nitrogens is 7. The summed E-state index contributed by atoms with van der Waals surface area (Å²) in [5.74, 6) is 2.76. The summed E-state index contributed by atoms with van der Waals surface area (Å²) in [4.78, 5) is 29.3. The SMILES string of the molecule is Cc1cc(N2CCN(C(=O)CSc3n[nH]c(C)n3)CC2)n2ncnc2n1. The van der Waals surface area contributed by atoms with Crippen LogP contribution >= 0.6 is 11.8 Å². The number of fused-ring (bicyclic) bond motifs is 1. The first-order valence-corrected chi connectivity index (χ1v) is 9.30. The average molecular weight is 373 g/mol. The molecule has 0 spiro atoms. The van der Waals surface area contributed by atoms with E-state index < -0.39 is 0 Å². The highest BCUT2D eigenvalue weighted by Gasteiger charge is 2.23. The van der Waals surface area contributed by atoms with E-state index in [1.165, 1.54) is 18.1 Å². The van der Waals surface area contributed by atoms with E-state index in [1.807, 2.05) is 24.8 Å². The fraction of sp³-hybridized carbons (Fsp3) is 0.467. The number of hydrogen-bond acceptors (Lipinski definition) is 8. The first kappa shape index (κ1) is 16.8. The van der Waals surface area contributed by atoms with Crippen molar-refractivity contribution in [3.8, 4) is 0 Å². The van der Waals surface area contributed by atoms with Crippen molar-refractivity contribution in [1.29, 1.82) is 0 Å². The minimum atomic E-state index is 0.105. The van der Waals surface area contributed by atoms with Crippen LogP contribution < -0.4 is 4.90 Å². The van der Waals surface area contributed by atoms with Crippen LogP contribution in [0.5, 0.6) is 0 Å². The quantitative estimate of drug-likeness (QED) is 0.651. The third kappa shape index (κ3) is 3.34. The van der Waals surface area contributed by atoms with Crippen molar-refractivity contribution in [1.82, 2.24) is 39.7 Å². The molecule has 0 aliphatic carbocycles. The van der Waals surface area contributed by atoms with Crippen LogP contribution in [0.15, 0.2) is 17.6 Å². The van der Waals surface area contributed by atoms with Gasteiger partial charge in [-0.15, -0.1) is 5.10 Å². The Morgan fingerprint density at radius 1 is 1.23 bits per heavy atom. The van der Waals surface area contributed by atoms with E-state index in [9.17, 15) is 4.79 Å². The van der Waals surface area contributed by atoms with Gasteiger partial charge in [0.05, 0.1) is 5.75 Å². The van der Waals surface area contributed by atoms with Gasteiger partial charge in [0.15, 0.2) is 0 Å². The third-order valence-electron chi connectivity index (χ3n) is 4.22. The molecule has 3 aromatic rings. The summed E-state index contributed by atoms with van der Waals surface area (Å²) in [6, 6.07) is 2.00. The molecule has 0 unspecified atom stereocenters. The second kappa shape index (κ2) is 6.90. The largest absolute Gasteiger partial charge is 0.353 e. The fourth-order valence-electron chi connectivity index (χ4n) is 2.93. The summed E-state index contributed by atoms with van der Waals surface area (Å²) in [6.07, 6.45) is 1.51. The molecule has 11 heteroatoms. The van der Waals surface area contributed by atoms with Crippen molar-refractivity contribution in [2.24, 2.45) is 0 Å². The summed E-state index contributed by atoms with van der Waals surface area (Å²) in [5, 5.41) is 11.7. The van der Waals surface area contributed by atoms with Gasteiger partial charge < -0.3 is 9.80 Å². The molecule has 3 aromatic heterocycles. The highest BCUT2D eigenvalue weighted by atomic mass is 32.2. The van der Waals surface area contributed by atoms with Crippen molar-refractivity contribution >= 4 is 29.3 Å². The van der Waals surface area contributed by atoms with Crippen molar-refractivity contribution in [3.05, 3.63) is 23.9 Å². The molecule has 4 rings (SSSR count). The van der Waals surface area contributed by atoms with Gasteiger partial charge in [-0.2, -0.15) is 14.6 Å². The Morgan fingerprint density at radius 3 is 2.77 bits per heavy atom. The van der Waals surface area contributed by atoms with Crippen LogP contribution in [0.25, 0.3) is 5.78 Å². The second-order valence-corrected chi connectivity index (χ2v) is 7.03. The number of aromatic amines is 1. The Bertz CT molecular complexity index is 928. The molecule has 1 N–H and O–H groups in total. The molecule has 1 fully saturated rings. The molecule has 0 saturated carbocycles. The summed E-state index contributed by atoms with van der Waals surface area (Å²) in [5.41, 5.74) is 0.900. The lowest BCUT2D eigenvalue weighted by molar-refractivity contribution is -0.128. The topological polar surface area (TPSA) is 108 Å². The van der Waals surface area contributed by atoms with Crippen LogP contribution in [0.2, 0.25) is 0 Å². The van der Waals surface area contributed by atoms with E-state index in [2.05, 4.69) is 35.1 Å². The molecule has 1 saturated heterocycles. The number of anilines is 1. The number of amides is 1. The lowest BCUT2D eigenvalue weighted by atomic mass is 10.3. The van der Waals surface area contributed by atoms with Gasteiger partial charge in [-0.25, -0.2) is 9.97 Å². The van der Waals surface area contributed by atoms with Crippen molar-refractivity contribution < 1.29 is 4.79 Å². The Morgan fingerprint density at radius 2 is 2.04 bits per heavy atom. The fourth-order valence-corrected chi connectivity index (χ4v) is 3.67. The minimum Gasteiger partial charge on any atom is -0.353 e. The highest BCUT2D eigenvalue weighted by Crippen LogP contribution is 2.19. The molecule has 1 aliphatic rings. The van der Waals surface area contributed by atoms with Crippen LogP contribution in [-0.4, -0.2) is 77.5 Å². The standard InChI is InChI=1S/C15H19N9OS/c1-10-7-12(24-14(18-10)16-9-17-24)22-3-5-23(6-4-22)13(25)8-26-15-19-11(2)20-21-15/h7,9H,3-6,8H2,1-2H3,(H,19,20,21). The molecule has 1 aliphatic heterocycles. The molecular formula is C15H19N9OS. The summed E-state index contributed by atoms with van der Waals surface area (Å²) < 4.78 is 1.74. The molecule has 0 bridgehead atoms. The lowest BCUT2D eigenvalue weighted by Crippen LogP contribution is -2.49. The van der Waals surface area contributed by atoms with Crippen molar-refractivity contribution in [2.75, 3.05) is 36.8 Å². The molecule has 136 valence electrons. The normalized spacial score (nSPS) is 15.0. The zero-order valence-electron chi connectivity index (χ0n) is 14.6. The smallest absolute Gasteiger partial charge is 0.254 e. The molecule has 1 amide bonds. The third-order valence-corrected chi connectivity index (χ3v) is 5.05. The van der Waals surface area contributed by atoms with Crippen molar-refractivity contribution in [2.45, 2.75) is 19.0 Å². The number of carbonyl (C=O) groups is 1. The zero-order valence-corrected chi connectivity index (χ0v) is 15.4. The van der Waals surface area contributed by atoms with Gasteiger partial charge in [0, 0.05) is 37.9 Å². The highest BCUT2D eigenvalue weighted by molar-refractivity contribution is 7.99. The molecule has 10 nitrogen and oxygen atoms in total. The van der Waals surface area contributed by atoms with E-state index in [1.54, 1.807) is 4.52 Å². The second-order valence-electron chi connectivity index (χ2n) is 6.09. The van der Waals surface area contributed by atoms with E-state index in [4.69, 9.17) is 0 Å². The molecule has 0 aromatic carbocycles. The number of nitrogens with one attached hydrogen (secondary N) is 1. The number of aryl methyl sites for hydroxylation is 2. The molecule has 0 radical (unpaired) electrons. The van der Waals surface area contributed by atoms with E-state index in [0.717, 1.165) is 30.4 Å². The maximum atomic E-state index is 12.4. The van der Waals surface area contributed by atoms with Gasteiger partial charge in [-0.3, -0.25) is 9.89 Å². The van der Waals surface area contributed by atoms with E-state index >= 15 is 0 Å². The van der Waals surface area contributed by atoms with Crippen LogP contribution in [-0.2, 0) is 4.79 Å². The van der Waals surface area contributed by atoms with Gasteiger partial charge in [0.1, 0.15) is 18.0 Å². The van der Waals surface area contributed by atoms with E-state index in [-0.39, 0.29) is 5.91 Å². The number of carbonyl (C=O) groups excluding carboxylic acids is 1. The van der Waals surface area contributed by atoms with Crippen LogP contribution in [0.1, 0.15) is 11.5 Å². The van der Waals surface area contributed by atoms with Crippen molar-refractivity contribution in [3.63, 3.8) is 0 Å². The first-order valence-electron chi connectivity index (χ1n) is 8.32. The van der Waals surface area contributed by atoms with Crippen LogP contribution in [0.4, 0.5) is 5.82 Å². The summed E-state index contributed by atoms with van der Waals surface area (Å²) >= 11 is 1.36. The molecule has 4 heterocycles. The predicted molar refractivity (Wildman–Crippen MR) is 96.2 cm³/mol. The van der Waals surface area contributed by atoms with Gasteiger partial charge in [-0.1, -0.05) is 11.8 Å². The molecule has 0 atom stereocenters. The number of hydrogen-bond donors (Lipinski definition) is 1. The number of piperazine rings is 1. The monoisotopic (exact) mass is 373 g/mol. The Labute approximate surface area is 154 Å². The average Bonchev–Trinajstić information content (AvgIpc) is 3.27.